The number of rotatable bonds is 4. The number of allylic oxidation sites excluding steroid dienone is 2. The van der Waals surface area contributed by atoms with Crippen LogP contribution in [0.15, 0.2) is 11.8 Å². The van der Waals surface area contributed by atoms with E-state index < -0.39 is 0 Å². The molecule has 2 nitrogen and oxygen atoms in total. The molecule has 1 aliphatic rings. The molecule has 12 heavy (non-hydrogen) atoms. The molecule has 2 heteroatoms. The van der Waals surface area contributed by atoms with Gasteiger partial charge in [0, 0.05) is 13.0 Å². The van der Waals surface area contributed by atoms with Crippen LogP contribution in [0.1, 0.15) is 39.0 Å². The average Bonchev–Trinajstić information content (AvgIpc) is 2.15. The molecule has 1 N–H and O–H groups in total. The van der Waals surface area contributed by atoms with Gasteiger partial charge in [-0.15, -0.1) is 0 Å². The molecular weight excluding hydrogens is 150 g/mol. The van der Waals surface area contributed by atoms with Crippen LogP contribution >= 0.6 is 0 Å². The lowest BCUT2D eigenvalue weighted by molar-refractivity contribution is -0.116. The lowest BCUT2D eigenvalue weighted by atomic mass is 10.1. The van der Waals surface area contributed by atoms with Crippen molar-refractivity contribution >= 4 is 5.78 Å². The zero-order chi connectivity index (χ0) is 8.81. The van der Waals surface area contributed by atoms with E-state index in [1.54, 1.807) is 0 Å². The number of carbonyl (C=O) groups excluding carboxylic acids is 1. The van der Waals surface area contributed by atoms with Crippen molar-refractivity contribution in [2.75, 3.05) is 6.54 Å². The minimum absolute atomic E-state index is 0.288. The SMILES string of the molecule is CCCCC(=O)C1=CCCCN1. The Balaban J connectivity index is 2.35. The highest BCUT2D eigenvalue weighted by molar-refractivity contribution is 5.94. The maximum atomic E-state index is 11.4. The first-order chi connectivity index (χ1) is 5.84. The fourth-order valence-electron chi connectivity index (χ4n) is 1.33. The molecule has 1 aliphatic heterocycles. The van der Waals surface area contributed by atoms with E-state index in [0.717, 1.165) is 37.9 Å². The van der Waals surface area contributed by atoms with Gasteiger partial charge in [0.05, 0.1) is 5.70 Å². The lowest BCUT2D eigenvalue weighted by Crippen LogP contribution is -2.24. The number of hydrogen-bond acceptors (Lipinski definition) is 2. The van der Waals surface area contributed by atoms with E-state index in [0.29, 0.717) is 6.42 Å². The number of hydrogen-bond donors (Lipinski definition) is 1. The molecule has 0 aliphatic carbocycles. The van der Waals surface area contributed by atoms with Crippen molar-refractivity contribution in [2.45, 2.75) is 39.0 Å². The number of ketones is 1. The van der Waals surface area contributed by atoms with Gasteiger partial charge in [0.2, 0.25) is 0 Å². The van der Waals surface area contributed by atoms with Crippen LogP contribution in [-0.4, -0.2) is 12.3 Å². The molecule has 0 unspecified atom stereocenters. The molecule has 0 saturated carbocycles. The molecule has 1 heterocycles. The van der Waals surface area contributed by atoms with Gasteiger partial charge in [-0.1, -0.05) is 19.4 Å². The third-order valence-electron chi connectivity index (χ3n) is 2.10. The quantitative estimate of drug-likeness (QED) is 0.694. The molecular formula is C10H17NO. The molecule has 68 valence electrons. The van der Waals surface area contributed by atoms with Gasteiger partial charge in [-0.3, -0.25) is 4.79 Å². The summed E-state index contributed by atoms with van der Waals surface area (Å²) in [6.45, 7) is 3.07. The summed E-state index contributed by atoms with van der Waals surface area (Å²) < 4.78 is 0. The third kappa shape index (κ3) is 2.68. The maximum absolute atomic E-state index is 11.4. The van der Waals surface area contributed by atoms with Gasteiger partial charge in [0.1, 0.15) is 0 Å². The van der Waals surface area contributed by atoms with Gasteiger partial charge in [-0.05, 0) is 19.3 Å². The van der Waals surface area contributed by atoms with Crippen molar-refractivity contribution < 1.29 is 4.79 Å². The van der Waals surface area contributed by atoms with E-state index in [1.807, 2.05) is 6.08 Å². The van der Waals surface area contributed by atoms with Crippen LogP contribution in [0.2, 0.25) is 0 Å². The van der Waals surface area contributed by atoms with Crippen molar-refractivity contribution in [3.05, 3.63) is 11.8 Å². The van der Waals surface area contributed by atoms with E-state index in [2.05, 4.69) is 12.2 Å². The van der Waals surface area contributed by atoms with Gasteiger partial charge in [0.25, 0.3) is 0 Å². The van der Waals surface area contributed by atoms with E-state index in [4.69, 9.17) is 0 Å². The van der Waals surface area contributed by atoms with Gasteiger partial charge in [-0.25, -0.2) is 0 Å². The standard InChI is InChI=1S/C10H17NO/c1-2-3-7-10(12)9-6-4-5-8-11-9/h6,11H,2-5,7-8H2,1H3. The zero-order valence-electron chi connectivity index (χ0n) is 7.73. The molecule has 0 amide bonds. The smallest absolute Gasteiger partial charge is 0.178 e. The van der Waals surface area contributed by atoms with Crippen molar-refractivity contribution in [2.24, 2.45) is 0 Å². The fraction of sp³-hybridized carbons (Fsp3) is 0.700. The minimum atomic E-state index is 0.288. The van der Waals surface area contributed by atoms with Crippen molar-refractivity contribution in [3.63, 3.8) is 0 Å². The molecule has 0 aromatic heterocycles. The summed E-state index contributed by atoms with van der Waals surface area (Å²) in [5, 5.41) is 3.14. The highest BCUT2D eigenvalue weighted by Crippen LogP contribution is 2.07. The second-order valence-electron chi connectivity index (χ2n) is 3.21. The first-order valence-corrected chi connectivity index (χ1v) is 4.82. The minimum Gasteiger partial charge on any atom is -0.382 e. The Morgan fingerprint density at radius 3 is 3.08 bits per heavy atom. The van der Waals surface area contributed by atoms with Crippen LogP contribution in [0.5, 0.6) is 0 Å². The van der Waals surface area contributed by atoms with Crippen LogP contribution in [0.3, 0.4) is 0 Å². The second kappa shape index (κ2) is 4.96. The summed E-state index contributed by atoms with van der Waals surface area (Å²) >= 11 is 0. The number of Topliss-reactive ketones (excluding diaryl/α,β-unsaturated/α-hetero) is 1. The first-order valence-electron chi connectivity index (χ1n) is 4.82. The van der Waals surface area contributed by atoms with Crippen LogP contribution in [0, 0.1) is 0 Å². The van der Waals surface area contributed by atoms with Crippen LogP contribution in [0.4, 0.5) is 0 Å². The predicted octanol–water partition coefficient (Wildman–Crippen LogP) is 2.01. The molecule has 0 fully saturated rings. The Kier molecular flexibility index (Phi) is 3.85. The second-order valence-corrected chi connectivity index (χ2v) is 3.21. The van der Waals surface area contributed by atoms with Gasteiger partial charge >= 0.3 is 0 Å². The molecule has 0 atom stereocenters. The Morgan fingerprint density at radius 2 is 2.50 bits per heavy atom. The number of carbonyl (C=O) groups is 1. The van der Waals surface area contributed by atoms with E-state index in [-0.39, 0.29) is 5.78 Å². The molecule has 0 radical (unpaired) electrons. The number of unbranched alkanes of at least 4 members (excludes halogenated alkanes) is 1. The third-order valence-corrected chi connectivity index (χ3v) is 2.10. The van der Waals surface area contributed by atoms with Crippen molar-refractivity contribution in [3.8, 4) is 0 Å². The summed E-state index contributed by atoms with van der Waals surface area (Å²) in [6.07, 6.45) is 7.05. The Morgan fingerprint density at radius 1 is 1.67 bits per heavy atom. The summed E-state index contributed by atoms with van der Waals surface area (Å²) in [4.78, 5) is 11.4. The van der Waals surface area contributed by atoms with Gasteiger partial charge < -0.3 is 5.32 Å². The molecule has 0 aromatic rings. The largest absolute Gasteiger partial charge is 0.382 e. The van der Waals surface area contributed by atoms with Crippen molar-refractivity contribution in [1.82, 2.24) is 5.32 Å². The van der Waals surface area contributed by atoms with Gasteiger partial charge in [-0.2, -0.15) is 0 Å². The predicted molar refractivity (Wildman–Crippen MR) is 49.9 cm³/mol. The van der Waals surface area contributed by atoms with Crippen LogP contribution < -0.4 is 5.32 Å². The highest BCUT2D eigenvalue weighted by atomic mass is 16.1. The van der Waals surface area contributed by atoms with E-state index in [1.165, 1.54) is 0 Å². The topological polar surface area (TPSA) is 29.1 Å². The molecule has 0 aromatic carbocycles. The Labute approximate surface area is 74.0 Å². The molecule has 0 spiro atoms. The average molecular weight is 167 g/mol. The highest BCUT2D eigenvalue weighted by Gasteiger charge is 2.10. The first kappa shape index (κ1) is 9.30. The Bertz CT molecular complexity index is 184. The normalized spacial score (nSPS) is 16.6. The van der Waals surface area contributed by atoms with Crippen LogP contribution in [-0.2, 0) is 4.79 Å². The fourth-order valence-corrected chi connectivity index (χ4v) is 1.33. The van der Waals surface area contributed by atoms with Crippen molar-refractivity contribution in [1.29, 1.82) is 0 Å². The molecule has 0 saturated heterocycles. The summed E-state index contributed by atoms with van der Waals surface area (Å²) in [5.41, 5.74) is 0.856. The van der Waals surface area contributed by atoms with Crippen LogP contribution in [0.25, 0.3) is 0 Å². The Hall–Kier alpha value is -0.790. The van der Waals surface area contributed by atoms with Gasteiger partial charge in [0.15, 0.2) is 5.78 Å². The molecule has 1 rings (SSSR count). The van der Waals surface area contributed by atoms with E-state index in [9.17, 15) is 4.79 Å². The zero-order valence-corrected chi connectivity index (χ0v) is 7.73. The monoisotopic (exact) mass is 167 g/mol. The molecule has 0 bridgehead atoms. The summed E-state index contributed by atoms with van der Waals surface area (Å²) in [5.74, 6) is 0.288. The van der Waals surface area contributed by atoms with E-state index >= 15 is 0 Å². The summed E-state index contributed by atoms with van der Waals surface area (Å²) in [6, 6.07) is 0. The lowest BCUT2D eigenvalue weighted by Gasteiger charge is -2.13. The summed E-state index contributed by atoms with van der Waals surface area (Å²) in [7, 11) is 0. The maximum Gasteiger partial charge on any atom is 0.178 e. The number of nitrogens with one attached hydrogen (secondary N) is 1.